The number of pyridine rings is 1. The lowest BCUT2D eigenvalue weighted by atomic mass is 10.1. The lowest BCUT2D eigenvalue weighted by Gasteiger charge is -2.11. The normalized spacial score (nSPS) is 10.6. The van der Waals surface area contributed by atoms with Crippen LogP contribution >= 0.6 is 11.6 Å². The Kier molecular flexibility index (Phi) is 2.97. The van der Waals surface area contributed by atoms with Crippen molar-refractivity contribution in [2.24, 2.45) is 0 Å². The molecular weight excluding hydrogens is 258 g/mol. The van der Waals surface area contributed by atoms with Crippen molar-refractivity contribution in [2.75, 3.05) is 11.1 Å². The van der Waals surface area contributed by atoms with Gasteiger partial charge >= 0.3 is 0 Å². The number of hydrogen-bond acceptors (Lipinski definition) is 3. The van der Waals surface area contributed by atoms with E-state index in [1.54, 1.807) is 12.4 Å². The first-order chi connectivity index (χ1) is 9.24. The summed E-state index contributed by atoms with van der Waals surface area (Å²) in [7, 11) is 0. The molecule has 0 aliphatic rings. The Morgan fingerprint density at radius 1 is 0.947 bits per heavy atom. The lowest BCUT2D eigenvalue weighted by molar-refractivity contribution is 1.36. The molecule has 94 valence electrons. The zero-order valence-corrected chi connectivity index (χ0v) is 10.9. The minimum absolute atomic E-state index is 0.719. The molecule has 1 heterocycles. The Bertz CT molecular complexity index is 723. The second-order valence-corrected chi connectivity index (χ2v) is 4.69. The number of rotatable bonds is 2. The Morgan fingerprint density at radius 2 is 1.74 bits per heavy atom. The summed E-state index contributed by atoms with van der Waals surface area (Å²) in [5.74, 6) is 0. The molecule has 1 aromatic heterocycles. The van der Waals surface area contributed by atoms with E-state index in [4.69, 9.17) is 17.3 Å². The van der Waals surface area contributed by atoms with Crippen LogP contribution in [0.15, 0.2) is 54.9 Å². The molecule has 0 radical (unpaired) electrons. The molecule has 0 amide bonds. The molecule has 0 aliphatic heterocycles. The highest BCUT2D eigenvalue weighted by molar-refractivity contribution is 6.30. The van der Waals surface area contributed by atoms with E-state index in [1.807, 2.05) is 42.5 Å². The molecule has 0 aliphatic carbocycles. The van der Waals surface area contributed by atoms with Gasteiger partial charge in [-0.05, 0) is 42.5 Å². The van der Waals surface area contributed by atoms with Crippen LogP contribution in [0.25, 0.3) is 10.8 Å². The van der Waals surface area contributed by atoms with Crippen LogP contribution in [-0.4, -0.2) is 4.98 Å². The van der Waals surface area contributed by atoms with Crippen LogP contribution in [0.5, 0.6) is 0 Å². The number of nitrogen functional groups attached to an aromatic ring is 1. The summed E-state index contributed by atoms with van der Waals surface area (Å²) in [6, 6.07) is 13.4. The Morgan fingerprint density at radius 3 is 2.53 bits per heavy atom. The number of fused-ring (bicyclic) bond motifs is 1. The summed E-state index contributed by atoms with van der Waals surface area (Å²) < 4.78 is 0. The number of nitrogens with zero attached hydrogens (tertiary/aromatic N) is 1. The zero-order chi connectivity index (χ0) is 13.2. The van der Waals surface area contributed by atoms with Crippen molar-refractivity contribution in [2.45, 2.75) is 0 Å². The van der Waals surface area contributed by atoms with Gasteiger partial charge in [0, 0.05) is 45.3 Å². The third kappa shape index (κ3) is 2.33. The van der Waals surface area contributed by atoms with E-state index in [9.17, 15) is 0 Å². The first-order valence-electron chi connectivity index (χ1n) is 5.89. The van der Waals surface area contributed by atoms with E-state index in [0.717, 1.165) is 32.9 Å². The molecule has 0 unspecified atom stereocenters. The molecule has 0 spiro atoms. The molecule has 3 rings (SSSR count). The molecule has 3 aromatic rings. The molecule has 0 bridgehead atoms. The Hall–Kier alpha value is -2.26. The molecule has 3 nitrogen and oxygen atoms in total. The van der Waals surface area contributed by atoms with E-state index in [1.165, 1.54) is 0 Å². The van der Waals surface area contributed by atoms with Crippen LogP contribution in [0.2, 0.25) is 5.02 Å². The first kappa shape index (κ1) is 11.8. The number of halogens is 1. The van der Waals surface area contributed by atoms with Gasteiger partial charge in [0.25, 0.3) is 0 Å². The average Bonchev–Trinajstić information content (AvgIpc) is 2.45. The lowest BCUT2D eigenvalue weighted by Crippen LogP contribution is -1.94. The van der Waals surface area contributed by atoms with Gasteiger partial charge in [-0.25, -0.2) is 0 Å². The Labute approximate surface area is 116 Å². The van der Waals surface area contributed by atoms with Crippen LogP contribution < -0.4 is 11.1 Å². The molecule has 0 saturated heterocycles. The fourth-order valence-electron chi connectivity index (χ4n) is 2.01. The van der Waals surface area contributed by atoms with Crippen molar-refractivity contribution < 1.29 is 0 Å². The zero-order valence-electron chi connectivity index (χ0n) is 10.1. The van der Waals surface area contributed by atoms with Crippen LogP contribution in [0.3, 0.4) is 0 Å². The second kappa shape index (κ2) is 4.78. The standard InChI is InChI=1S/C15H12ClN3/c16-10-1-3-11(4-2-10)19-15-6-5-14(17)13-9-18-8-7-12(13)15/h1-9,19H,17H2. The summed E-state index contributed by atoms with van der Waals surface area (Å²) in [5, 5.41) is 6.07. The van der Waals surface area contributed by atoms with Gasteiger partial charge in [0.1, 0.15) is 0 Å². The van der Waals surface area contributed by atoms with Crippen LogP contribution in [-0.2, 0) is 0 Å². The maximum absolute atomic E-state index is 5.95. The van der Waals surface area contributed by atoms with Gasteiger partial charge in [-0.3, -0.25) is 4.98 Å². The molecule has 4 heteroatoms. The van der Waals surface area contributed by atoms with Gasteiger partial charge in [-0.15, -0.1) is 0 Å². The third-order valence-corrected chi connectivity index (χ3v) is 3.23. The Balaban J connectivity index is 2.06. The number of nitrogens with two attached hydrogens (primary N) is 1. The van der Waals surface area contributed by atoms with E-state index < -0.39 is 0 Å². The first-order valence-corrected chi connectivity index (χ1v) is 6.26. The number of aromatic nitrogens is 1. The highest BCUT2D eigenvalue weighted by Crippen LogP contribution is 2.29. The van der Waals surface area contributed by atoms with Crippen molar-refractivity contribution in [3.8, 4) is 0 Å². The highest BCUT2D eigenvalue weighted by Gasteiger charge is 2.04. The van der Waals surface area contributed by atoms with Gasteiger partial charge in [-0.2, -0.15) is 0 Å². The van der Waals surface area contributed by atoms with E-state index in [-0.39, 0.29) is 0 Å². The number of benzene rings is 2. The van der Waals surface area contributed by atoms with Gasteiger partial charge in [0.15, 0.2) is 0 Å². The molecule has 0 atom stereocenters. The smallest absolute Gasteiger partial charge is 0.0466 e. The predicted octanol–water partition coefficient (Wildman–Crippen LogP) is 4.21. The van der Waals surface area contributed by atoms with E-state index >= 15 is 0 Å². The van der Waals surface area contributed by atoms with E-state index in [0.29, 0.717) is 0 Å². The predicted molar refractivity (Wildman–Crippen MR) is 80.9 cm³/mol. The van der Waals surface area contributed by atoms with Crippen molar-refractivity contribution >= 4 is 39.4 Å². The van der Waals surface area contributed by atoms with Crippen LogP contribution in [0.4, 0.5) is 17.1 Å². The van der Waals surface area contributed by atoms with E-state index in [2.05, 4.69) is 10.3 Å². The molecule has 0 saturated carbocycles. The summed E-state index contributed by atoms with van der Waals surface area (Å²) >= 11 is 5.88. The molecule has 0 fully saturated rings. The van der Waals surface area contributed by atoms with Gasteiger partial charge in [0.2, 0.25) is 0 Å². The summed E-state index contributed by atoms with van der Waals surface area (Å²) in [5.41, 5.74) is 8.65. The monoisotopic (exact) mass is 269 g/mol. The van der Waals surface area contributed by atoms with Crippen molar-refractivity contribution in [1.82, 2.24) is 4.98 Å². The van der Waals surface area contributed by atoms with Crippen molar-refractivity contribution in [1.29, 1.82) is 0 Å². The molecule has 2 aromatic carbocycles. The molecule has 19 heavy (non-hydrogen) atoms. The minimum Gasteiger partial charge on any atom is -0.398 e. The van der Waals surface area contributed by atoms with Gasteiger partial charge < -0.3 is 11.1 Å². The number of anilines is 3. The summed E-state index contributed by atoms with van der Waals surface area (Å²) in [4.78, 5) is 4.11. The maximum atomic E-state index is 5.95. The number of nitrogens with one attached hydrogen (secondary N) is 1. The summed E-state index contributed by atoms with van der Waals surface area (Å²) in [6.45, 7) is 0. The highest BCUT2D eigenvalue weighted by atomic mass is 35.5. The third-order valence-electron chi connectivity index (χ3n) is 2.98. The molecule has 3 N–H and O–H groups in total. The van der Waals surface area contributed by atoms with Crippen molar-refractivity contribution in [3.05, 3.63) is 59.9 Å². The topological polar surface area (TPSA) is 50.9 Å². The van der Waals surface area contributed by atoms with Gasteiger partial charge in [-0.1, -0.05) is 11.6 Å². The fourth-order valence-corrected chi connectivity index (χ4v) is 2.14. The quantitative estimate of drug-likeness (QED) is 0.685. The van der Waals surface area contributed by atoms with Gasteiger partial charge in [0.05, 0.1) is 0 Å². The fraction of sp³-hybridized carbons (Fsp3) is 0. The van der Waals surface area contributed by atoms with Crippen molar-refractivity contribution in [3.63, 3.8) is 0 Å². The number of hydrogen-bond donors (Lipinski definition) is 2. The van der Waals surface area contributed by atoms with Crippen LogP contribution in [0, 0.1) is 0 Å². The SMILES string of the molecule is Nc1ccc(Nc2ccc(Cl)cc2)c2ccncc12. The minimum atomic E-state index is 0.719. The molecular formula is C15H12ClN3. The maximum Gasteiger partial charge on any atom is 0.0466 e. The van der Waals surface area contributed by atoms with Crippen LogP contribution in [0.1, 0.15) is 0 Å². The summed E-state index contributed by atoms with van der Waals surface area (Å²) in [6.07, 6.45) is 3.53. The average molecular weight is 270 g/mol. The second-order valence-electron chi connectivity index (χ2n) is 4.26. The largest absolute Gasteiger partial charge is 0.398 e.